The molecule has 0 bridgehead atoms. The van der Waals surface area contributed by atoms with Crippen LogP contribution in [0.4, 0.5) is 4.39 Å². The van der Waals surface area contributed by atoms with E-state index >= 15 is 0 Å². The van der Waals surface area contributed by atoms with Crippen molar-refractivity contribution in [2.75, 3.05) is 6.54 Å². The molecule has 5 heteroatoms. The number of halogens is 3. The fraction of sp³-hybridized carbons (Fsp3) is 0.188. The number of aryl methyl sites for hydroxylation is 1. The Morgan fingerprint density at radius 1 is 1.29 bits per heavy atom. The molecule has 2 aromatic rings. The van der Waals surface area contributed by atoms with E-state index in [1.807, 2.05) is 19.1 Å². The van der Waals surface area contributed by atoms with Gasteiger partial charge in [0.05, 0.1) is 5.56 Å². The van der Waals surface area contributed by atoms with E-state index in [4.69, 9.17) is 0 Å². The molecule has 0 aliphatic carbocycles. The average Bonchev–Trinajstić information content (AvgIpc) is 2.43. The van der Waals surface area contributed by atoms with Crippen molar-refractivity contribution >= 4 is 44.4 Å². The van der Waals surface area contributed by atoms with Crippen molar-refractivity contribution in [3.05, 3.63) is 66.9 Å². The van der Waals surface area contributed by atoms with Crippen molar-refractivity contribution < 1.29 is 9.18 Å². The van der Waals surface area contributed by atoms with Crippen LogP contribution >= 0.6 is 38.5 Å². The molecule has 0 radical (unpaired) electrons. The normalized spacial score (nSPS) is 10.5. The lowest BCUT2D eigenvalue weighted by atomic mass is 10.1. The fourth-order valence-corrected chi connectivity index (χ4v) is 2.96. The Kier molecular flexibility index (Phi) is 5.75. The molecular weight excluding hydrogens is 448 g/mol. The zero-order valence-electron chi connectivity index (χ0n) is 11.4. The van der Waals surface area contributed by atoms with E-state index in [0.29, 0.717) is 18.5 Å². The molecular formula is C16H14BrFINO. The molecule has 0 unspecified atom stereocenters. The highest BCUT2D eigenvalue weighted by molar-refractivity contribution is 14.1. The van der Waals surface area contributed by atoms with Gasteiger partial charge in [0.2, 0.25) is 0 Å². The predicted molar refractivity (Wildman–Crippen MR) is 94.0 cm³/mol. The highest BCUT2D eigenvalue weighted by Gasteiger charge is 2.10. The van der Waals surface area contributed by atoms with Crippen LogP contribution in [0, 0.1) is 16.3 Å². The largest absolute Gasteiger partial charge is 0.352 e. The smallest absolute Gasteiger partial charge is 0.252 e. The van der Waals surface area contributed by atoms with Crippen LogP contribution in [-0.4, -0.2) is 12.5 Å². The topological polar surface area (TPSA) is 29.1 Å². The van der Waals surface area contributed by atoms with Crippen LogP contribution in [0.5, 0.6) is 0 Å². The van der Waals surface area contributed by atoms with E-state index in [9.17, 15) is 9.18 Å². The maximum Gasteiger partial charge on any atom is 0.252 e. The summed E-state index contributed by atoms with van der Waals surface area (Å²) in [6.07, 6.45) is 0.683. The molecule has 0 atom stereocenters. The third-order valence-electron chi connectivity index (χ3n) is 3.16. The Hall–Kier alpha value is -0.950. The van der Waals surface area contributed by atoms with Gasteiger partial charge in [-0.1, -0.05) is 22.0 Å². The Bertz CT molecular complexity index is 675. The Morgan fingerprint density at radius 2 is 2.05 bits per heavy atom. The molecule has 1 N–H and O–H groups in total. The molecule has 0 aliphatic rings. The van der Waals surface area contributed by atoms with Gasteiger partial charge < -0.3 is 5.32 Å². The van der Waals surface area contributed by atoms with Crippen LogP contribution in [0.15, 0.2) is 40.9 Å². The van der Waals surface area contributed by atoms with Gasteiger partial charge in [-0.2, -0.15) is 0 Å². The number of nitrogens with one attached hydrogen (secondary N) is 1. The van der Waals surface area contributed by atoms with Crippen LogP contribution < -0.4 is 5.32 Å². The van der Waals surface area contributed by atoms with Gasteiger partial charge in [0.1, 0.15) is 5.82 Å². The van der Waals surface area contributed by atoms with E-state index in [1.165, 1.54) is 12.1 Å². The standard InChI is InChI=1S/C16H14BrFINO/c1-10-8-13(18)4-2-11(10)6-7-20-16(21)14-9-12(17)3-5-15(14)19/h2-5,8-9H,6-7H2,1H3,(H,20,21). The van der Waals surface area contributed by atoms with Gasteiger partial charge >= 0.3 is 0 Å². The minimum absolute atomic E-state index is 0.0968. The van der Waals surface area contributed by atoms with Crippen LogP contribution in [0.2, 0.25) is 0 Å². The molecule has 2 rings (SSSR count). The summed E-state index contributed by atoms with van der Waals surface area (Å²) in [5, 5.41) is 2.90. The summed E-state index contributed by atoms with van der Waals surface area (Å²) in [7, 11) is 0. The highest BCUT2D eigenvalue weighted by Crippen LogP contribution is 2.18. The van der Waals surface area contributed by atoms with Gasteiger partial charge in [0, 0.05) is 14.6 Å². The molecule has 0 aromatic heterocycles. The molecule has 0 saturated carbocycles. The molecule has 2 aromatic carbocycles. The van der Waals surface area contributed by atoms with Gasteiger partial charge in [-0.05, 0) is 77.4 Å². The molecule has 2 nitrogen and oxygen atoms in total. The number of hydrogen-bond acceptors (Lipinski definition) is 1. The molecule has 21 heavy (non-hydrogen) atoms. The first-order chi connectivity index (χ1) is 9.97. The van der Waals surface area contributed by atoms with Gasteiger partial charge in [-0.3, -0.25) is 4.79 Å². The quantitative estimate of drug-likeness (QED) is 0.668. The molecule has 0 heterocycles. The fourth-order valence-electron chi connectivity index (χ4n) is 2.02. The van der Waals surface area contributed by atoms with Crippen LogP contribution in [0.3, 0.4) is 0 Å². The zero-order chi connectivity index (χ0) is 15.4. The number of hydrogen-bond donors (Lipinski definition) is 1. The third-order valence-corrected chi connectivity index (χ3v) is 4.59. The number of amides is 1. The molecule has 110 valence electrons. The maximum absolute atomic E-state index is 13.0. The van der Waals surface area contributed by atoms with Gasteiger partial charge in [0.25, 0.3) is 5.91 Å². The van der Waals surface area contributed by atoms with Crippen molar-refractivity contribution in [2.45, 2.75) is 13.3 Å². The second-order valence-electron chi connectivity index (χ2n) is 4.70. The summed E-state index contributed by atoms with van der Waals surface area (Å²) in [5.74, 6) is -0.329. The zero-order valence-corrected chi connectivity index (χ0v) is 15.2. The van der Waals surface area contributed by atoms with Crippen molar-refractivity contribution in [1.82, 2.24) is 5.32 Å². The Labute approximate surface area is 145 Å². The van der Waals surface area contributed by atoms with Crippen molar-refractivity contribution in [2.24, 2.45) is 0 Å². The van der Waals surface area contributed by atoms with E-state index in [2.05, 4.69) is 43.8 Å². The lowest BCUT2D eigenvalue weighted by Crippen LogP contribution is -2.26. The lowest BCUT2D eigenvalue weighted by Gasteiger charge is -2.09. The molecule has 0 fully saturated rings. The number of rotatable bonds is 4. The minimum atomic E-state index is -0.232. The number of carbonyl (C=O) groups excluding carboxylic acids is 1. The Balaban J connectivity index is 1.97. The second-order valence-corrected chi connectivity index (χ2v) is 6.78. The van der Waals surface area contributed by atoms with E-state index in [0.717, 1.165) is 19.2 Å². The lowest BCUT2D eigenvalue weighted by molar-refractivity contribution is 0.0953. The first-order valence-electron chi connectivity index (χ1n) is 6.45. The predicted octanol–water partition coefficient (Wildman–Crippen LogP) is 4.47. The van der Waals surface area contributed by atoms with Crippen LogP contribution in [0.1, 0.15) is 21.5 Å². The summed E-state index contributed by atoms with van der Waals surface area (Å²) >= 11 is 5.51. The number of benzene rings is 2. The first-order valence-corrected chi connectivity index (χ1v) is 8.33. The van der Waals surface area contributed by atoms with E-state index in [1.54, 1.807) is 12.1 Å². The summed E-state index contributed by atoms with van der Waals surface area (Å²) in [6.45, 7) is 2.39. The molecule has 0 spiro atoms. The molecule has 1 amide bonds. The van der Waals surface area contributed by atoms with E-state index in [-0.39, 0.29) is 11.7 Å². The summed E-state index contributed by atoms with van der Waals surface area (Å²) in [6, 6.07) is 10.3. The molecule has 0 aliphatic heterocycles. The van der Waals surface area contributed by atoms with Gasteiger partial charge in [-0.15, -0.1) is 0 Å². The van der Waals surface area contributed by atoms with E-state index < -0.39 is 0 Å². The Morgan fingerprint density at radius 3 is 2.76 bits per heavy atom. The monoisotopic (exact) mass is 461 g/mol. The van der Waals surface area contributed by atoms with Gasteiger partial charge in [-0.25, -0.2) is 4.39 Å². The average molecular weight is 462 g/mol. The second kappa shape index (κ2) is 7.35. The van der Waals surface area contributed by atoms with Gasteiger partial charge in [0.15, 0.2) is 0 Å². The number of carbonyl (C=O) groups is 1. The molecule has 0 saturated heterocycles. The first kappa shape index (κ1) is 16.4. The van der Waals surface area contributed by atoms with Crippen molar-refractivity contribution in [1.29, 1.82) is 0 Å². The third kappa shape index (κ3) is 4.51. The minimum Gasteiger partial charge on any atom is -0.352 e. The van der Waals surface area contributed by atoms with Crippen LogP contribution in [-0.2, 0) is 6.42 Å². The van der Waals surface area contributed by atoms with Crippen molar-refractivity contribution in [3.8, 4) is 0 Å². The summed E-state index contributed by atoms with van der Waals surface area (Å²) in [5.41, 5.74) is 2.60. The summed E-state index contributed by atoms with van der Waals surface area (Å²) < 4.78 is 14.8. The van der Waals surface area contributed by atoms with Crippen molar-refractivity contribution in [3.63, 3.8) is 0 Å². The van der Waals surface area contributed by atoms with Crippen LogP contribution in [0.25, 0.3) is 0 Å². The maximum atomic E-state index is 13.0. The highest BCUT2D eigenvalue weighted by atomic mass is 127. The summed E-state index contributed by atoms with van der Waals surface area (Å²) in [4.78, 5) is 12.2. The SMILES string of the molecule is Cc1cc(F)ccc1CCNC(=O)c1cc(Br)ccc1I.